The van der Waals surface area contributed by atoms with E-state index in [0.717, 1.165) is 52.3 Å². The first kappa shape index (κ1) is 19.3. The number of nitrogens with zero attached hydrogens (tertiary/aromatic N) is 1. The molecule has 0 bridgehead atoms. The summed E-state index contributed by atoms with van der Waals surface area (Å²) < 4.78 is 0. The Morgan fingerprint density at radius 3 is 2.74 bits per heavy atom. The molecule has 1 aliphatic heterocycles. The molecule has 1 heterocycles. The highest BCUT2D eigenvalue weighted by Crippen LogP contribution is 2.36. The first-order valence-corrected chi connectivity index (χ1v) is 10.3. The van der Waals surface area contributed by atoms with Crippen LogP contribution in [0.15, 0.2) is 53.4 Å². The molecule has 0 spiro atoms. The molecule has 140 valence electrons. The Bertz CT molecular complexity index is 871. The number of unbranched alkanes of at least 4 members (excludes halogenated alkanes) is 1. The van der Waals surface area contributed by atoms with Gasteiger partial charge in [0.15, 0.2) is 0 Å². The van der Waals surface area contributed by atoms with Gasteiger partial charge in [-0.05, 0) is 35.8 Å². The van der Waals surface area contributed by atoms with E-state index in [1.165, 1.54) is 0 Å². The maximum Gasteiger partial charge on any atom is 0.260 e. The molecule has 1 N–H and O–H groups in total. The van der Waals surface area contributed by atoms with Gasteiger partial charge in [0.05, 0.1) is 4.91 Å². The van der Waals surface area contributed by atoms with Gasteiger partial charge in [-0.1, -0.05) is 55.8 Å². The van der Waals surface area contributed by atoms with Gasteiger partial charge in [-0.15, -0.1) is 11.8 Å². The van der Waals surface area contributed by atoms with Gasteiger partial charge < -0.3 is 10.0 Å². The summed E-state index contributed by atoms with van der Waals surface area (Å²) in [5.41, 5.74) is 3.44. The molecule has 3 rings (SSSR count). The second kappa shape index (κ2) is 8.96. The summed E-state index contributed by atoms with van der Waals surface area (Å²) in [6, 6.07) is 13.8. The van der Waals surface area contributed by atoms with E-state index in [1.807, 2.05) is 61.7 Å². The van der Waals surface area contributed by atoms with Crippen LogP contribution < -0.4 is 0 Å². The maximum absolute atomic E-state index is 12.4. The molecule has 1 saturated heterocycles. The highest BCUT2D eigenvalue weighted by molar-refractivity contribution is 8.04. The minimum absolute atomic E-state index is 0.0589. The number of hydrogen-bond donors (Lipinski definition) is 1. The zero-order valence-corrected chi connectivity index (χ0v) is 16.6. The average Bonchev–Trinajstić information content (AvgIpc) is 2.68. The first-order chi connectivity index (χ1) is 13.1. The summed E-state index contributed by atoms with van der Waals surface area (Å²) in [6.07, 6.45) is 8.00. The van der Waals surface area contributed by atoms with E-state index in [-0.39, 0.29) is 11.7 Å². The number of hydrogen-bond acceptors (Lipinski definition) is 3. The second-order valence-corrected chi connectivity index (χ2v) is 7.78. The zero-order valence-electron chi connectivity index (χ0n) is 15.8. The zero-order chi connectivity index (χ0) is 19.2. The van der Waals surface area contributed by atoms with Gasteiger partial charge in [0.2, 0.25) is 0 Å². The lowest BCUT2D eigenvalue weighted by molar-refractivity contribution is -0.125. The summed E-state index contributed by atoms with van der Waals surface area (Å²) >= 11 is 1.59. The lowest BCUT2D eigenvalue weighted by Crippen LogP contribution is -2.33. The summed E-state index contributed by atoms with van der Waals surface area (Å²) in [6.45, 7) is 2.90. The van der Waals surface area contributed by atoms with Crippen LogP contribution in [0.4, 0.5) is 0 Å². The quantitative estimate of drug-likeness (QED) is 0.705. The summed E-state index contributed by atoms with van der Waals surface area (Å²) in [7, 11) is 1.83. The lowest BCUT2D eigenvalue weighted by Gasteiger charge is -2.23. The third-order valence-electron chi connectivity index (χ3n) is 4.54. The topological polar surface area (TPSA) is 40.5 Å². The largest absolute Gasteiger partial charge is 0.507 e. The molecule has 1 amide bonds. The van der Waals surface area contributed by atoms with E-state index >= 15 is 0 Å². The van der Waals surface area contributed by atoms with Crippen molar-refractivity contribution in [2.24, 2.45) is 0 Å². The molecule has 0 atom stereocenters. The number of allylic oxidation sites excluding steroid dienone is 1. The number of carbonyl (C=O) groups is 1. The Morgan fingerprint density at radius 1 is 1.22 bits per heavy atom. The predicted octanol–water partition coefficient (Wildman–Crippen LogP) is 5.42. The molecule has 2 aromatic carbocycles. The number of phenols is 1. The number of thioether (sulfide) groups is 1. The molecular formula is C23H25NO2S. The summed E-state index contributed by atoms with van der Waals surface area (Å²) in [5.74, 6) is 1.24. The number of aromatic hydroxyl groups is 1. The van der Waals surface area contributed by atoms with Crippen LogP contribution in [0.1, 0.15) is 30.9 Å². The van der Waals surface area contributed by atoms with Crippen LogP contribution in [0.3, 0.4) is 0 Å². The number of phenolic OH excluding ortho intramolecular Hbond substituents is 1. The first-order valence-electron chi connectivity index (χ1n) is 9.29. The minimum atomic E-state index is 0.0589. The minimum Gasteiger partial charge on any atom is -0.507 e. The van der Waals surface area contributed by atoms with Crippen LogP contribution in [0.25, 0.3) is 23.3 Å². The highest BCUT2D eigenvalue weighted by atomic mass is 32.2. The van der Waals surface area contributed by atoms with Gasteiger partial charge in [-0.3, -0.25) is 4.79 Å². The van der Waals surface area contributed by atoms with Crippen LogP contribution in [-0.4, -0.2) is 35.3 Å². The SMILES string of the molecule is CCCC=Cc1cc(C=C2SCCN(C)C2=O)cc(-c2ccccc2)c1O. The molecule has 1 fully saturated rings. The third-order valence-corrected chi connectivity index (χ3v) is 5.53. The Balaban J connectivity index is 2.08. The number of rotatable bonds is 5. The van der Waals surface area contributed by atoms with Crippen LogP contribution in [0, 0.1) is 0 Å². The van der Waals surface area contributed by atoms with Crippen molar-refractivity contribution in [3.8, 4) is 16.9 Å². The highest BCUT2D eigenvalue weighted by Gasteiger charge is 2.21. The van der Waals surface area contributed by atoms with Crippen LogP contribution in [-0.2, 0) is 4.79 Å². The Hall–Kier alpha value is -2.46. The molecule has 1 aliphatic rings. The standard InChI is InChI=1S/C23H25NO2S/c1-3-4-6-11-19-14-17(16-21-23(26)24(2)12-13-27-21)15-20(22(19)25)18-9-7-5-8-10-18/h5-11,14-16,25H,3-4,12-13H2,1-2H3. The van der Waals surface area contributed by atoms with Gasteiger partial charge in [0.1, 0.15) is 5.75 Å². The molecule has 0 saturated carbocycles. The van der Waals surface area contributed by atoms with E-state index in [4.69, 9.17) is 0 Å². The third kappa shape index (κ3) is 4.64. The molecule has 3 nitrogen and oxygen atoms in total. The molecule has 2 aromatic rings. The summed E-state index contributed by atoms with van der Waals surface area (Å²) in [5, 5.41) is 10.8. The van der Waals surface area contributed by atoms with Gasteiger partial charge >= 0.3 is 0 Å². The predicted molar refractivity (Wildman–Crippen MR) is 116 cm³/mol. The molecule has 0 radical (unpaired) electrons. The van der Waals surface area contributed by atoms with Crippen molar-refractivity contribution in [1.82, 2.24) is 4.90 Å². The summed E-state index contributed by atoms with van der Waals surface area (Å²) in [4.78, 5) is 14.9. The van der Waals surface area contributed by atoms with E-state index in [1.54, 1.807) is 16.7 Å². The second-order valence-electron chi connectivity index (χ2n) is 6.65. The smallest absolute Gasteiger partial charge is 0.260 e. The monoisotopic (exact) mass is 379 g/mol. The number of benzene rings is 2. The number of amides is 1. The Labute approximate surface area is 165 Å². The Morgan fingerprint density at radius 2 is 2.00 bits per heavy atom. The van der Waals surface area contributed by atoms with Crippen molar-refractivity contribution >= 4 is 29.8 Å². The van der Waals surface area contributed by atoms with Gasteiger partial charge in [-0.25, -0.2) is 0 Å². The molecular weight excluding hydrogens is 354 g/mol. The van der Waals surface area contributed by atoms with Crippen molar-refractivity contribution in [3.63, 3.8) is 0 Å². The van der Waals surface area contributed by atoms with Crippen LogP contribution >= 0.6 is 11.8 Å². The van der Waals surface area contributed by atoms with Crippen molar-refractivity contribution in [2.45, 2.75) is 19.8 Å². The molecule has 0 aliphatic carbocycles. The van der Waals surface area contributed by atoms with Crippen molar-refractivity contribution in [3.05, 3.63) is 64.6 Å². The number of likely N-dealkylation sites (N-methyl/N-ethyl adjacent to an activating group) is 1. The van der Waals surface area contributed by atoms with Crippen molar-refractivity contribution in [1.29, 1.82) is 0 Å². The maximum atomic E-state index is 12.4. The van der Waals surface area contributed by atoms with Gasteiger partial charge in [0.25, 0.3) is 5.91 Å². The Kier molecular flexibility index (Phi) is 6.40. The van der Waals surface area contributed by atoms with Gasteiger partial charge in [-0.2, -0.15) is 0 Å². The molecule has 0 aromatic heterocycles. The normalized spacial score (nSPS) is 16.4. The van der Waals surface area contributed by atoms with E-state index in [0.29, 0.717) is 0 Å². The fourth-order valence-corrected chi connectivity index (χ4v) is 4.09. The lowest BCUT2D eigenvalue weighted by atomic mass is 9.97. The van der Waals surface area contributed by atoms with E-state index in [9.17, 15) is 9.90 Å². The van der Waals surface area contributed by atoms with Crippen LogP contribution in [0.5, 0.6) is 5.75 Å². The molecule has 4 heteroatoms. The van der Waals surface area contributed by atoms with E-state index in [2.05, 4.69) is 13.0 Å². The fraction of sp³-hybridized carbons (Fsp3) is 0.261. The fourth-order valence-electron chi connectivity index (χ4n) is 3.00. The molecule has 27 heavy (non-hydrogen) atoms. The number of carbonyl (C=O) groups excluding carboxylic acids is 1. The van der Waals surface area contributed by atoms with Crippen molar-refractivity contribution in [2.75, 3.05) is 19.3 Å². The molecule has 0 unspecified atom stereocenters. The van der Waals surface area contributed by atoms with Crippen molar-refractivity contribution < 1.29 is 9.90 Å². The van der Waals surface area contributed by atoms with E-state index < -0.39 is 0 Å². The average molecular weight is 380 g/mol. The van der Waals surface area contributed by atoms with Crippen LogP contribution in [0.2, 0.25) is 0 Å². The van der Waals surface area contributed by atoms with Gasteiger partial charge in [0, 0.05) is 30.5 Å².